The van der Waals surface area contributed by atoms with Crippen LogP contribution in [0.4, 0.5) is 0 Å². The molecule has 1 rings (SSSR count). The lowest BCUT2D eigenvalue weighted by molar-refractivity contribution is 0.358. The molecule has 0 aromatic heterocycles. The Morgan fingerprint density at radius 3 is 2.67 bits per heavy atom. The molecular formula is C13H27NS. The van der Waals surface area contributed by atoms with Crippen LogP contribution in [-0.4, -0.2) is 23.6 Å². The highest BCUT2D eigenvalue weighted by molar-refractivity contribution is 7.99. The maximum Gasteiger partial charge on any atom is 0.0201 e. The van der Waals surface area contributed by atoms with E-state index in [-0.39, 0.29) is 0 Å². The molecule has 2 heteroatoms. The standard InChI is InChI=1S/C13H27NS/c1-4-11(3)10-14-12-8-6-7-9-13(12)15-5-2/h11-14H,4-10H2,1-3H3. The van der Waals surface area contributed by atoms with Gasteiger partial charge in [0.1, 0.15) is 0 Å². The van der Waals surface area contributed by atoms with Crippen LogP contribution >= 0.6 is 11.8 Å². The van der Waals surface area contributed by atoms with Crippen molar-refractivity contribution in [2.24, 2.45) is 5.92 Å². The molecule has 0 bridgehead atoms. The molecule has 1 N–H and O–H groups in total. The highest BCUT2D eigenvalue weighted by Gasteiger charge is 2.24. The van der Waals surface area contributed by atoms with Gasteiger partial charge in [-0.3, -0.25) is 0 Å². The predicted octanol–water partition coefficient (Wildman–Crippen LogP) is 3.69. The molecule has 15 heavy (non-hydrogen) atoms. The molecule has 1 nitrogen and oxygen atoms in total. The molecular weight excluding hydrogens is 202 g/mol. The fourth-order valence-corrected chi connectivity index (χ4v) is 3.47. The molecule has 1 aliphatic rings. The molecule has 0 radical (unpaired) electrons. The molecule has 1 fully saturated rings. The van der Waals surface area contributed by atoms with Crippen molar-refractivity contribution in [3.8, 4) is 0 Å². The van der Waals surface area contributed by atoms with Gasteiger partial charge in [0.25, 0.3) is 0 Å². The Bertz CT molecular complexity index is 159. The zero-order valence-corrected chi connectivity index (χ0v) is 11.4. The van der Waals surface area contributed by atoms with E-state index in [4.69, 9.17) is 0 Å². The van der Waals surface area contributed by atoms with Crippen molar-refractivity contribution < 1.29 is 0 Å². The van der Waals surface area contributed by atoms with Crippen molar-refractivity contribution in [1.82, 2.24) is 5.32 Å². The van der Waals surface area contributed by atoms with Crippen molar-refractivity contribution in [2.75, 3.05) is 12.3 Å². The average molecular weight is 229 g/mol. The van der Waals surface area contributed by atoms with E-state index in [0.717, 1.165) is 17.2 Å². The van der Waals surface area contributed by atoms with Gasteiger partial charge in [0.2, 0.25) is 0 Å². The van der Waals surface area contributed by atoms with Crippen molar-refractivity contribution >= 4 is 11.8 Å². The highest BCUT2D eigenvalue weighted by Crippen LogP contribution is 2.28. The van der Waals surface area contributed by atoms with E-state index in [1.165, 1.54) is 44.4 Å². The van der Waals surface area contributed by atoms with Crippen LogP contribution in [0.2, 0.25) is 0 Å². The Balaban J connectivity index is 2.28. The van der Waals surface area contributed by atoms with Gasteiger partial charge in [-0.05, 0) is 31.1 Å². The van der Waals surface area contributed by atoms with Crippen LogP contribution in [-0.2, 0) is 0 Å². The van der Waals surface area contributed by atoms with E-state index in [1.54, 1.807) is 0 Å². The Morgan fingerprint density at radius 2 is 2.00 bits per heavy atom. The summed E-state index contributed by atoms with van der Waals surface area (Å²) >= 11 is 2.16. The second-order valence-electron chi connectivity index (χ2n) is 4.81. The fraction of sp³-hybridized carbons (Fsp3) is 1.00. The van der Waals surface area contributed by atoms with E-state index < -0.39 is 0 Å². The smallest absolute Gasteiger partial charge is 0.0201 e. The normalized spacial score (nSPS) is 29.0. The van der Waals surface area contributed by atoms with Crippen molar-refractivity contribution in [3.05, 3.63) is 0 Å². The van der Waals surface area contributed by atoms with Crippen molar-refractivity contribution in [2.45, 2.75) is 64.2 Å². The third-order valence-corrected chi connectivity index (χ3v) is 4.83. The van der Waals surface area contributed by atoms with Gasteiger partial charge in [0, 0.05) is 11.3 Å². The summed E-state index contributed by atoms with van der Waals surface area (Å²) in [5.74, 6) is 2.10. The molecule has 1 saturated carbocycles. The molecule has 3 unspecified atom stereocenters. The van der Waals surface area contributed by atoms with Gasteiger partial charge < -0.3 is 5.32 Å². The Labute approximate surface area is 99.8 Å². The molecule has 0 aliphatic heterocycles. The molecule has 0 saturated heterocycles. The lowest BCUT2D eigenvalue weighted by Gasteiger charge is -2.32. The molecule has 0 aromatic rings. The van der Waals surface area contributed by atoms with E-state index in [2.05, 4.69) is 37.8 Å². The fourth-order valence-electron chi connectivity index (χ4n) is 2.24. The van der Waals surface area contributed by atoms with Crippen molar-refractivity contribution in [3.63, 3.8) is 0 Å². The summed E-state index contributed by atoms with van der Waals surface area (Å²) in [6, 6.07) is 0.790. The summed E-state index contributed by atoms with van der Waals surface area (Å²) in [5, 5.41) is 4.67. The van der Waals surface area contributed by atoms with Crippen LogP contribution in [0.15, 0.2) is 0 Å². The number of hydrogen-bond acceptors (Lipinski definition) is 2. The first-order chi connectivity index (χ1) is 7.27. The molecule has 0 aromatic carbocycles. The number of hydrogen-bond donors (Lipinski definition) is 1. The molecule has 3 atom stereocenters. The number of nitrogens with one attached hydrogen (secondary N) is 1. The third-order valence-electron chi connectivity index (χ3n) is 3.51. The molecule has 90 valence electrons. The van der Waals surface area contributed by atoms with E-state index in [9.17, 15) is 0 Å². The second-order valence-corrected chi connectivity index (χ2v) is 6.32. The second kappa shape index (κ2) is 7.56. The molecule has 0 heterocycles. The number of thioether (sulfide) groups is 1. The van der Waals surface area contributed by atoms with Crippen molar-refractivity contribution in [1.29, 1.82) is 0 Å². The first kappa shape index (κ1) is 13.4. The van der Waals surface area contributed by atoms with Gasteiger partial charge in [0.05, 0.1) is 0 Å². The highest BCUT2D eigenvalue weighted by atomic mass is 32.2. The summed E-state index contributed by atoms with van der Waals surface area (Å²) in [5.41, 5.74) is 0. The maximum atomic E-state index is 3.79. The monoisotopic (exact) mass is 229 g/mol. The van der Waals surface area contributed by atoms with Crippen LogP contribution < -0.4 is 5.32 Å². The zero-order chi connectivity index (χ0) is 11.1. The van der Waals surface area contributed by atoms with Gasteiger partial charge in [0.15, 0.2) is 0 Å². The SMILES string of the molecule is CCSC1CCCCC1NCC(C)CC. The van der Waals surface area contributed by atoms with Crippen LogP contribution in [0.3, 0.4) is 0 Å². The maximum absolute atomic E-state index is 3.79. The Kier molecular flexibility index (Phi) is 6.74. The Morgan fingerprint density at radius 1 is 1.27 bits per heavy atom. The van der Waals surface area contributed by atoms with Crippen LogP contribution in [0.1, 0.15) is 52.9 Å². The van der Waals surface area contributed by atoms with Crippen LogP contribution in [0.25, 0.3) is 0 Å². The quantitative estimate of drug-likeness (QED) is 0.745. The summed E-state index contributed by atoms with van der Waals surface area (Å²) in [7, 11) is 0. The molecule has 0 amide bonds. The lowest BCUT2D eigenvalue weighted by Crippen LogP contribution is -2.42. The summed E-state index contributed by atoms with van der Waals surface area (Å²) < 4.78 is 0. The van der Waals surface area contributed by atoms with Gasteiger partial charge in [-0.25, -0.2) is 0 Å². The minimum atomic E-state index is 0.790. The Hall–Kier alpha value is 0.310. The average Bonchev–Trinajstić information content (AvgIpc) is 2.28. The largest absolute Gasteiger partial charge is 0.313 e. The first-order valence-electron chi connectivity index (χ1n) is 6.62. The summed E-state index contributed by atoms with van der Waals surface area (Å²) in [4.78, 5) is 0. The first-order valence-corrected chi connectivity index (χ1v) is 7.67. The minimum absolute atomic E-state index is 0.790. The summed E-state index contributed by atoms with van der Waals surface area (Å²) in [6.45, 7) is 8.12. The third kappa shape index (κ3) is 4.78. The summed E-state index contributed by atoms with van der Waals surface area (Å²) in [6.07, 6.45) is 6.99. The number of rotatable bonds is 6. The van der Waals surface area contributed by atoms with Crippen LogP contribution in [0.5, 0.6) is 0 Å². The van der Waals surface area contributed by atoms with E-state index in [0.29, 0.717) is 0 Å². The van der Waals surface area contributed by atoms with Gasteiger partial charge in [-0.15, -0.1) is 0 Å². The van der Waals surface area contributed by atoms with Crippen LogP contribution in [0, 0.1) is 5.92 Å². The lowest BCUT2D eigenvalue weighted by atomic mass is 9.94. The van der Waals surface area contributed by atoms with Gasteiger partial charge in [-0.2, -0.15) is 11.8 Å². The van der Waals surface area contributed by atoms with E-state index >= 15 is 0 Å². The van der Waals surface area contributed by atoms with Gasteiger partial charge >= 0.3 is 0 Å². The molecule has 0 spiro atoms. The minimum Gasteiger partial charge on any atom is -0.313 e. The predicted molar refractivity (Wildman–Crippen MR) is 71.6 cm³/mol. The zero-order valence-electron chi connectivity index (χ0n) is 10.6. The molecule has 1 aliphatic carbocycles. The topological polar surface area (TPSA) is 12.0 Å². The van der Waals surface area contributed by atoms with Gasteiger partial charge in [-0.1, -0.05) is 40.0 Å². The van der Waals surface area contributed by atoms with E-state index in [1.807, 2.05) is 0 Å².